The summed E-state index contributed by atoms with van der Waals surface area (Å²) in [7, 11) is 1.86. The SMILES string of the molecule is C=CC(=O)N1CCC[C@@H](c2ccc(C(N)=O)c3[nH]c(-c4cnn(C)c4)cc23)C1. The molecule has 0 unspecified atom stereocenters. The van der Waals surface area contributed by atoms with Crippen molar-refractivity contribution < 1.29 is 9.59 Å². The third-order valence-electron chi connectivity index (χ3n) is 5.46. The Morgan fingerprint density at radius 1 is 1.39 bits per heavy atom. The van der Waals surface area contributed by atoms with E-state index in [-0.39, 0.29) is 11.8 Å². The van der Waals surface area contributed by atoms with E-state index in [2.05, 4.69) is 16.7 Å². The van der Waals surface area contributed by atoms with Crippen LogP contribution in [0.25, 0.3) is 22.2 Å². The van der Waals surface area contributed by atoms with Gasteiger partial charge in [0, 0.05) is 48.9 Å². The van der Waals surface area contributed by atoms with E-state index in [0.717, 1.165) is 47.1 Å². The summed E-state index contributed by atoms with van der Waals surface area (Å²) in [5.74, 6) is -0.317. The number of amides is 2. The van der Waals surface area contributed by atoms with E-state index in [4.69, 9.17) is 5.73 Å². The van der Waals surface area contributed by atoms with E-state index >= 15 is 0 Å². The van der Waals surface area contributed by atoms with Crippen LogP contribution < -0.4 is 5.73 Å². The van der Waals surface area contributed by atoms with Gasteiger partial charge in [0.05, 0.1) is 17.3 Å². The molecule has 3 N–H and O–H groups in total. The van der Waals surface area contributed by atoms with Crippen LogP contribution in [0.5, 0.6) is 0 Å². The first-order valence-electron chi connectivity index (χ1n) is 9.33. The second kappa shape index (κ2) is 6.99. The van der Waals surface area contributed by atoms with Crippen LogP contribution in [0.4, 0.5) is 0 Å². The van der Waals surface area contributed by atoms with Gasteiger partial charge in [-0.15, -0.1) is 0 Å². The minimum atomic E-state index is -0.469. The highest BCUT2D eigenvalue weighted by molar-refractivity contribution is 6.07. The largest absolute Gasteiger partial charge is 0.366 e. The Morgan fingerprint density at radius 2 is 2.21 bits per heavy atom. The maximum atomic E-state index is 12.1. The molecule has 0 radical (unpaired) electrons. The normalized spacial score (nSPS) is 17.0. The van der Waals surface area contributed by atoms with Crippen molar-refractivity contribution in [1.82, 2.24) is 19.7 Å². The van der Waals surface area contributed by atoms with Crippen molar-refractivity contribution in [2.45, 2.75) is 18.8 Å². The third-order valence-corrected chi connectivity index (χ3v) is 5.46. The molecule has 1 aliphatic heterocycles. The van der Waals surface area contributed by atoms with Gasteiger partial charge in [0.25, 0.3) is 5.91 Å². The fourth-order valence-corrected chi connectivity index (χ4v) is 4.08. The number of aromatic nitrogens is 3. The van der Waals surface area contributed by atoms with Gasteiger partial charge in [-0.2, -0.15) is 5.10 Å². The quantitative estimate of drug-likeness (QED) is 0.684. The van der Waals surface area contributed by atoms with Crippen LogP contribution in [0.3, 0.4) is 0 Å². The topological polar surface area (TPSA) is 97.0 Å². The van der Waals surface area contributed by atoms with E-state index in [9.17, 15) is 9.59 Å². The van der Waals surface area contributed by atoms with Gasteiger partial charge in [-0.3, -0.25) is 14.3 Å². The van der Waals surface area contributed by atoms with Crippen LogP contribution >= 0.6 is 0 Å². The van der Waals surface area contributed by atoms with Crippen LogP contribution in [0.15, 0.2) is 43.2 Å². The lowest BCUT2D eigenvalue weighted by Crippen LogP contribution is -2.38. The van der Waals surface area contributed by atoms with E-state index in [1.165, 1.54) is 6.08 Å². The molecule has 1 aromatic carbocycles. The molecule has 4 rings (SSSR count). The van der Waals surface area contributed by atoms with Crippen LogP contribution in [0.2, 0.25) is 0 Å². The summed E-state index contributed by atoms with van der Waals surface area (Å²) in [6.45, 7) is 4.99. The molecule has 28 heavy (non-hydrogen) atoms. The molecule has 1 fully saturated rings. The number of H-pyrrole nitrogens is 1. The summed E-state index contributed by atoms with van der Waals surface area (Å²) in [6.07, 6.45) is 6.98. The van der Waals surface area contributed by atoms with Crippen molar-refractivity contribution in [3.63, 3.8) is 0 Å². The Morgan fingerprint density at radius 3 is 2.89 bits per heavy atom. The predicted molar refractivity (Wildman–Crippen MR) is 108 cm³/mol. The molecule has 0 aliphatic carbocycles. The zero-order chi connectivity index (χ0) is 19.8. The first kappa shape index (κ1) is 18.0. The van der Waals surface area contributed by atoms with Gasteiger partial charge in [-0.1, -0.05) is 12.6 Å². The zero-order valence-corrected chi connectivity index (χ0v) is 15.8. The summed E-state index contributed by atoms with van der Waals surface area (Å²) in [4.78, 5) is 29.2. The van der Waals surface area contributed by atoms with E-state index in [0.29, 0.717) is 12.1 Å². The molecule has 1 saturated heterocycles. The molecular formula is C21H23N5O2. The number of hydrogen-bond donors (Lipinski definition) is 2. The number of carbonyl (C=O) groups is 2. The second-order valence-corrected chi connectivity index (χ2v) is 7.27. The van der Waals surface area contributed by atoms with Gasteiger partial charge in [0.15, 0.2) is 0 Å². The summed E-state index contributed by atoms with van der Waals surface area (Å²) in [6, 6.07) is 5.79. The first-order valence-corrected chi connectivity index (χ1v) is 9.33. The average molecular weight is 377 g/mol. The smallest absolute Gasteiger partial charge is 0.250 e. The van der Waals surface area contributed by atoms with Gasteiger partial charge < -0.3 is 15.6 Å². The lowest BCUT2D eigenvalue weighted by atomic mass is 9.87. The number of piperidine rings is 1. The van der Waals surface area contributed by atoms with Gasteiger partial charge in [0.2, 0.25) is 5.91 Å². The van der Waals surface area contributed by atoms with Crippen LogP contribution in [0, 0.1) is 0 Å². The number of nitrogens with one attached hydrogen (secondary N) is 1. The summed E-state index contributed by atoms with van der Waals surface area (Å²) in [5.41, 5.74) is 9.73. The number of nitrogens with two attached hydrogens (primary N) is 1. The number of nitrogens with zero attached hydrogens (tertiary/aromatic N) is 3. The molecule has 3 heterocycles. The van der Waals surface area contributed by atoms with Crippen LogP contribution in [-0.2, 0) is 11.8 Å². The molecule has 0 spiro atoms. The van der Waals surface area contributed by atoms with Gasteiger partial charge in [-0.25, -0.2) is 0 Å². The Hall–Kier alpha value is -3.35. The first-order chi connectivity index (χ1) is 13.5. The highest BCUT2D eigenvalue weighted by Crippen LogP contribution is 2.36. The van der Waals surface area contributed by atoms with Crippen molar-refractivity contribution in [3.8, 4) is 11.3 Å². The Bertz CT molecular complexity index is 1080. The Kier molecular flexibility index (Phi) is 4.50. The lowest BCUT2D eigenvalue weighted by Gasteiger charge is -2.32. The van der Waals surface area contributed by atoms with E-state index in [1.807, 2.05) is 30.3 Å². The number of fused-ring (bicyclic) bond motifs is 1. The van der Waals surface area contributed by atoms with Crippen molar-refractivity contribution in [3.05, 3.63) is 54.4 Å². The molecule has 144 valence electrons. The maximum absolute atomic E-state index is 12.1. The average Bonchev–Trinajstić information content (AvgIpc) is 3.32. The summed E-state index contributed by atoms with van der Waals surface area (Å²) < 4.78 is 1.73. The number of benzene rings is 1. The van der Waals surface area contributed by atoms with Crippen molar-refractivity contribution in [2.75, 3.05) is 13.1 Å². The van der Waals surface area contributed by atoms with Gasteiger partial charge in [0.1, 0.15) is 0 Å². The highest BCUT2D eigenvalue weighted by atomic mass is 16.2. The number of rotatable bonds is 4. The van der Waals surface area contributed by atoms with Crippen molar-refractivity contribution in [2.24, 2.45) is 12.8 Å². The fourth-order valence-electron chi connectivity index (χ4n) is 4.08. The summed E-state index contributed by atoms with van der Waals surface area (Å²) in [5, 5.41) is 5.19. The number of aromatic amines is 1. The molecule has 1 atom stereocenters. The lowest BCUT2D eigenvalue weighted by molar-refractivity contribution is -0.127. The predicted octanol–water partition coefficient (Wildman–Crippen LogP) is 2.56. The molecule has 0 bridgehead atoms. The monoisotopic (exact) mass is 377 g/mol. The number of hydrogen-bond acceptors (Lipinski definition) is 3. The highest BCUT2D eigenvalue weighted by Gasteiger charge is 2.26. The summed E-state index contributed by atoms with van der Waals surface area (Å²) >= 11 is 0. The maximum Gasteiger partial charge on any atom is 0.250 e. The molecule has 3 aromatic rings. The van der Waals surface area contributed by atoms with E-state index in [1.54, 1.807) is 16.9 Å². The van der Waals surface area contributed by atoms with Crippen LogP contribution in [0.1, 0.15) is 34.7 Å². The standard InChI is InChI=1S/C21H23N5O2/c1-3-19(27)26-8-4-5-13(12-26)15-6-7-16(21(22)28)20-17(15)9-18(24-20)14-10-23-25(2)11-14/h3,6-7,9-11,13,24H,1,4-5,8,12H2,2H3,(H2,22,28)/t13-/m1/s1. The fraction of sp³-hybridized carbons (Fsp3) is 0.286. The number of likely N-dealkylation sites (tertiary alicyclic amines) is 1. The molecule has 7 nitrogen and oxygen atoms in total. The number of primary amides is 1. The molecule has 2 amide bonds. The van der Waals surface area contributed by atoms with Crippen LogP contribution in [-0.4, -0.2) is 44.6 Å². The zero-order valence-electron chi connectivity index (χ0n) is 15.8. The minimum absolute atomic E-state index is 0.0418. The molecule has 0 saturated carbocycles. The molecule has 2 aromatic heterocycles. The number of aryl methyl sites for hydroxylation is 1. The van der Waals surface area contributed by atoms with Crippen molar-refractivity contribution in [1.29, 1.82) is 0 Å². The third kappa shape index (κ3) is 3.09. The number of carbonyl (C=O) groups excluding carboxylic acids is 2. The molecule has 7 heteroatoms. The molecular weight excluding hydrogens is 354 g/mol. The molecule has 1 aliphatic rings. The second-order valence-electron chi connectivity index (χ2n) is 7.27. The van der Waals surface area contributed by atoms with Gasteiger partial charge in [-0.05, 0) is 36.6 Å². The van der Waals surface area contributed by atoms with E-state index < -0.39 is 5.91 Å². The van der Waals surface area contributed by atoms with Gasteiger partial charge >= 0.3 is 0 Å². The minimum Gasteiger partial charge on any atom is -0.366 e. The van der Waals surface area contributed by atoms with Crippen molar-refractivity contribution >= 4 is 22.7 Å². The Labute approximate surface area is 162 Å². The Balaban J connectivity index is 1.81.